The molecule has 0 heterocycles. The quantitative estimate of drug-likeness (QED) is 0.0274. The third-order valence-electron chi connectivity index (χ3n) is 11.3. The lowest BCUT2D eigenvalue weighted by atomic mass is 10.0. The minimum absolute atomic E-state index is 0.0133. The number of rotatable bonds is 45. The van der Waals surface area contributed by atoms with E-state index in [9.17, 15) is 19.4 Å². The Balaban J connectivity index is 4.23. The van der Waals surface area contributed by atoms with Gasteiger partial charge in [0, 0.05) is 6.42 Å². The lowest BCUT2D eigenvalue weighted by Crippen LogP contribution is -2.46. The maximum atomic E-state index is 12.9. The number of phosphoric acid groups is 1. The van der Waals surface area contributed by atoms with E-state index in [0.717, 1.165) is 38.5 Å². The summed E-state index contributed by atoms with van der Waals surface area (Å²) in [5.74, 6) is -0.167. The molecule has 0 spiro atoms. The fourth-order valence-electron chi connectivity index (χ4n) is 7.33. The molecule has 3 unspecified atom stereocenters. The van der Waals surface area contributed by atoms with Gasteiger partial charge in [0.1, 0.15) is 13.2 Å². The van der Waals surface area contributed by atoms with Crippen LogP contribution in [-0.4, -0.2) is 68.5 Å². The van der Waals surface area contributed by atoms with Crippen LogP contribution in [-0.2, 0) is 18.4 Å². The summed E-state index contributed by atoms with van der Waals surface area (Å²) in [4.78, 5) is 25.4. The molecule has 0 bridgehead atoms. The molecule has 57 heavy (non-hydrogen) atoms. The number of allylic oxidation sites excluding steroid dienone is 2. The predicted molar refractivity (Wildman–Crippen MR) is 242 cm³/mol. The maximum Gasteiger partial charge on any atom is 0.268 e. The molecule has 0 saturated heterocycles. The molecule has 8 nitrogen and oxygen atoms in total. The van der Waals surface area contributed by atoms with Crippen LogP contribution >= 0.6 is 7.82 Å². The van der Waals surface area contributed by atoms with E-state index in [4.69, 9.17) is 9.05 Å². The monoisotopic (exact) mass is 829 g/mol. The Bertz CT molecular complexity index is 942. The van der Waals surface area contributed by atoms with E-state index in [0.29, 0.717) is 23.9 Å². The first kappa shape index (κ1) is 56.2. The van der Waals surface area contributed by atoms with Crippen molar-refractivity contribution in [2.45, 2.75) is 251 Å². The Morgan fingerprint density at radius 2 is 0.965 bits per heavy atom. The van der Waals surface area contributed by atoms with Gasteiger partial charge in [-0.2, -0.15) is 0 Å². The summed E-state index contributed by atoms with van der Waals surface area (Å²) in [6.45, 7) is 4.73. The van der Waals surface area contributed by atoms with Crippen LogP contribution in [0.15, 0.2) is 12.2 Å². The Labute approximate surface area is 354 Å². The molecular formula is C48H97N2O6P. The maximum absolute atomic E-state index is 12.9. The highest BCUT2D eigenvalue weighted by atomic mass is 31.2. The average Bonchev–Trinajstić information content (AvgIpc) is 3.16. The predicted octanol–water partition coefficient (Wildman–Crippen LogP) is 13.3. The smallest absolute Gasteiger partial charge is 0.268 e. The van der Waals surface area contributed by atoms with Gasteiger partial charge in [-0.15, -0.1) is 0 Å². The van der Waals surface area contributed by atoms with E-state index in [1.54, 1.807) is 0 Å². The van der Waals surface area contributed by atoms with E-state index >= 15 is 0 Å². The van der Waals surface area contributed by atoms with Crippen molar-refractivity contribution in [3.05, 3.63) is 12.2 Å². The van der Waals surface area contributed by atoms with Crippen LogP contribution in [0.2, 0.25) is 0 Å². The highest BCUT2D eigenvalue weighted by molar-refractivity contribution is 7.45. The Hall–Kier alpha value is -0.760. The standard InChI is InChI=1S/C48H97N2O6P/c1-6-8-10-12-14-16-18-20-21-22-23-24-25-26-27-28-30-32-34-36-38-40-42-48(52)49-46(45-56-57(53,54)55-44-43-50(3,4)5)47(51)41-39-37-35-33-31-29-19-17-15-13-11-9-7-2/h25-26,46-47,51H,6-24,27-45H2,1-5H3,(H-,49,52,53,54)/b26-25-. The molecule has 0 aromatic carbocycles. The number of unbranched alkanes of at least 4 members (excludes halogenated alkanes) is 30. The zero-order valence-electron chi connectivity index (χ0n) is 38.6. The molecule has 0 aromatic rings. The van der Waals surface area contributed by atoms with Gasteiger partial charge in [-0.05, 0) is 38.5 Å². The normalized spacial score (nSPS) is 14.3. The molecule has 9 heteroatoms. The van der Waals surface area contributed by atoms with Crippen LogP contribution in [0.5, 0.6) is 0 Å². The van der Waals surface area contributed by atoms with Gasteiger partial charge in [0.15, 0.2) is 0 Å². The third kappa shape index (κ3) is 43.1. The van der Waals surface area contributed by atoms with Gasteiger partial charge in [0.2, 0.25) is 5.91 Å². The second kappa shape index (κ2) is 40.6. The number of hydrogen-bond donors (Lipinski definition) is 2. The number of amides is 1. The number of aliphatic hydroxyl groups excluding tert-OH is 1. The fraction of sp³-hybridized carbons (Fsp3) is 0.938. The van der Waals surface area contributed by atoms with Gasteiger partial charge in [0.25, 0.3) is 7.82 Å². The number of phosphoric ester groups is 1. The number of carbonyl (C=O) groups is 1. The highest BCUT2D eigenvalue weighted by Crippen LogP contribution is 2.38. The summed E-state index contributed by atoms with van der Waals surface area (Å²) < 4.78 is 23.3. The van der Waals surface area contributed by atoms with Crippen LogP contribution in [0.4, 0.5) is 0 Å². The number of quaternary nitrogens is 1. The first-order chi connectivity index (χ1) is 27.5. The van der Waals surface area contributed by atoms with Crippen LogP contribution in [0.3, 0.4) is 0 Å². The topological polar surface area (TPSA) is 108 Å². The van der Waals surface area contributed by atoms with Crippen molar-refractivity contribution in [2.24, 2.45) is 0 Å². The van der Waals surface area contributed by atoms with Crippen molar-refractivity contribution in [3.63, 3.8) is 0 Å². The van der Waals surface area contributed by atoms with E-state index in [1.165, 1.54) is 173 Å². The summed E-state index contributed by atoms with van der Waals surface area (Å²) in [7, 11) is 1.31. The number of carbonyl (C=O) groups excluding carboxylic acids is 1. The van der Waals surface area contributed by atoms with Crippen molar-refractivity contribution in [1.82, 2.24) is 5.32 Å². The number of aliphatic hydroxyl groups is 1. The molecule has 0 aliphatic carbocycles. The summed E-state index contributed by atoms with van der Waals surface area (Å²) in [6.07, 6.45) is 46.5. The van der Waals surface area contributed by atoms with Crippen molar-refractivity contribution < 1.29 is 32.9 Å². The molecule has 0 aromatic heterocycles. The first-order valence-corrected chi connectivity index (χ1v) is 26.0. The largest absolute Gasteiger partial charge is 0.756 e. The van der Waals surface area contributed by atoms with E-state index in [2.05, 4.69) is 31.3 Å². The summed E-state index contributed by atoms with van der Waals surface area (Å²) in [5, 5.41) is 13.9. The van der Waals surface area contributed by atoms with E-state index < -0.39 is 20.0 Å². The minimum Gasteiger partial charge on any atom is -0.756 e. The molecule has 3 atom stereocenters. The molecule has 0 rings (SSSR count). The number of nitrogens with zero attached hydrogens (tertiary/aromatic N) is 1. The molecule has 2 N–H and O–H groups in total. The molecular weight excluding hydrogens is 732 g/mol. The summed E-state index contributed by atoms with van der Waals surface area (Å²) in [5.41, 5.74) is 0. The zero-order valence-corrected chi connectivity index (χ0v) is 39.5. The Kier molecular flexibility index (Phi) is 40.1. The molecule has 1 amide bonds. The molecule has 0 fully saturated rings. The summed E-state index contributed by atoms with van der Waals surface area (Å²) in [6, 6.07) is -0.798. The van der Waals surface area contributed by atoms with Gasteiger partial charge in [-0.25, -0.2) is 0 Å². The number of hydrogen-bond acceptors (Lipinski definition) is 6. The minimum atomic E-state index is -4.56. The first-order valence-electron chi connectivity index (χ1n) is 24.5. The highest BCUT2D eigenvalue weighted by Gasteiger charge is 2.24. The van der Waals surface area contributed by atoms with Crippen molar-refractivity contribution in [1.29, 1.82) is 0 Å². The fourth-order valence-corrected chi connectivity index (χ4v) is 8.05. The molecule has 0 aliphatic rings. The molecule has 0 radical (unpaired) electrons. The average molecular weight is 829 g/mol. The SMILES string of the molecule is CCCCCCCCCCCCC/C=C\CCCCCCCCCC(=O)NC(COP(=O)([O-])OCC[N+](C)(C)C)C(O)CCCCCCCCCCCCCCC. The third-order valence-corrected chi connectivity index (χ3v) is 12.2. The molecule has 0 aliphatic heterocycles. The second-order valence-electron chi connectivity index (χ2n) is 18.2. The van der Waals surface area contributed by atoms with E-state index in [1.807, 2.05) is 21.1 Å². The van der Waals surface area contributed by atoms with Crippen molar-refractivity contribution >= 4 is 13.7 Å². The van der Waals surface area contributed by atoms with E-state index in [-0.39, 0.29) is 19.1 Å². The second-order valence-corrected chi connectivity index (χ2v) is 19.6. The van der Waals surface area contributed by atoms with Crippen LogP contribution in [0.1, 0.15) is 239 Å². The van der Waals surface area contributed by atoms with Crippen molar-refractivity contribution in [3.8, 4) is 0 Å². The number of nitrogens with one attached hydrogen (secondary N) is 1. The molecule has 0 saturated carbocycles. The van der Waals surface area contributed by atoms with Gasteiger partial charge >= 0.3 is 0 Å². The van der Waals surface area contributed by atoms with Crippen LogP contribution < -0.4 is 10.2 Å². The lowest BCUT2D eigenvalue weighted by Gasteiger charge is -2.30. The van der Waals surface area contributed by atoms with Gasteiger partial charge in [0.05, 0.1) is 39.9 Å². The van der Waals surface area contributed by atoms with Gasteiger partial charge < -0.3 is 28.8 Å². The van der Waals surface area contributed by atoms with Crippen molar-refractivity contribution in [2.75, 3.05) is 40.9 Å². The van der Waals surface area contributed by atoms with Crippen LogP contribution in [0.25, 0.3) is 0 Å². The summed E-state index contributed by atoms with van der Waals surface area (Å²) >= 11 is 0. The van der Waals surface area contributed by atoms with Gasteiger partial charge in [-0.1, -0.05) is 206 Å². The lowest BCUT2D eigenvalue weighted by molar-refractivity contribution is -0.870. The molecule has 340 valence electrons. The Morgan fingerprint density at radius 3 is 1.37 bits per heavy atom. The number of likely N-dealkylation sites (N-methyl/N-ethyl adjacent to an activating group) is 1. The Morgan fingerprint density at radius 1 is 0.596 bits per heavy atom. The van der Waals surface area contributed by atoms with Crippen LogP contribution in [0, 0.1) is 0 Å². The van der Waals surface area contributed by atoms with Gasteiger partial charge in [-0.3, -0.25) is 9.36 Å². The zero-order chi connectivity index (χ0) is 42.1.